The Morgan fingerprint density at radius 2 is 2.04 bits per heavy atom. The van der Waals surface area contributed by atoms with Crippen molar-refractivity contribution >= 4 is 34.7 Å². The summed E-state index contributed by atoms with van der Waals surface area (Å²) in [5, 5.41) is 5.86. The van der Waals surface area contributed by atoms with Crippen LogP contribution < -0.4 is 9.88 Å². The van der Waals surface area contributed by atoms with E-state index in [2.05, 4.69) is 5.32 Å². The van der Waals surface area contributed by atoms with Crippen molar-refractivity contribution < 1.29 is 13.8 Å². The Kier molecular flexibility index (Phi) is 4.22. The Labute approximate surface area is 170 Å². The molecule has 1 aliphatic rings. The number of rotatable bonds is 4. The van der Waals surface area contributed by atoms with Gasteiger partial charge in [0, 0.05) is 5.56 Å². The zero-order chi connectivity index (χ0) is 19.1. The van der Waals surface area contributed by atoms with Gasteiger partial charge < -0.3 is 4.42 Å². The molecule has 1 aliphatic heterocycles. The van der Waals surface area contributed by atoms with Gasteiger partial charge >= 0.3 is 11.7 Å². The molecule has 0 spiro atoms. The van der Waals surface area contributed by atoms with Crippen LogP contribution in [0.15, 0.2) is 70.8 Å². The molecule has 1 atom stereocenters. The number of hydrogen-bond acceptors (Lipinski definition) is 5. The van der Waals surface area contributed by atoms with Gasteiger partial charge in [0.15, 0.2) is 5.69 Å². The van der Waals surface area contributed by atoms with Gasteiger partial charge in [-0.2, -0.15) is 4.57 Å². The second-order valence-electron chi connectivity index (χ2n) is 6.48. The van der Waals surface area contributed by atoms with Crippen LogP contribution in [0.4, 0.5) is 5.82 Å². The molecule has 7 heteroatoms. The summed E-state index contributed by atoms with van der Waals surface area (Å²) in [5.41, 5.74) is 2.34. The van der Waals surface area contributed by atoms with Gasteiger partial charge in [0.05, 0.1) is 22.6 Å². The minimum Gasteiger partial charge on any atom is -0.469 e. The number of halogens is 1. The molecular weight excluding hydrogens is 394 g/mol. The first-order valence-electron chi connectivity index (χ1n) is 8.79. The zero-order valence-corrected chi connectivity index (χ0v) is 16.2. The van der Waals surface area contributed by atoms with E-state index in [-0.39, 0.29) is 5.91 Å². The summed E-state index contributed by atoms with van der Waals surface area (Å²) < 4.78 is 7.07. The SMILES string of the molecule is O=C1C(Cc2ccco2)Nc2c(-c3sccc3Cl)nc(-c3ccccc3)c[n+]21. The van der Waals surface area contributed by atoms with Crippen LogP contribution in [-0.4, -0.2) is 16.9 Å². The molecule has 28 heavy (non-hydrogen) atoms. The van der Waals surface area contributed by atoms with Crippen LogP contribution in [0.1, 0.15) is 10.6 Å². The van der Waals surface area contributed by atoms with E-state index >= 15 is 0 Å². The van der Waals surface area contributed by atoms with Crippen molar-refractivity contribution in [3.05, 3.63) is 77.2 Å². The molecule has 5 nitrogen and oxygen atoms in total. The molecule has 1 unspecified atom stereocenters. The van der Waals surface area contributed by atoms with Crippen LogP contribution in [0.3, 0.4) is 0 Å². The molecule has 0 bridgehead atoms. The summed E-state index contributed by atoms with van der Waals surface area (Å²) >= 11 is 7.90. The van der Waals surface area contributed by atoms with Gasteiger partial charge in [0.2, 0.25) is 6.04 Å². The maximum Gasteiger partial charge on any atom is 0.359 e. The minimum atomic E-state index is -0.420. The van der Waals surface area contributed by atoms with Gasteiger partial charge in [-0.15, -0.1) is 11.3 Å². The quantitative estimate of drug-likeness (QED) is 0.498. The van der Waals surface area contributed by atoms with Gasteiger partial charge in [-0.05, 0) is 23.6 Å². The van der Waals surface area contributed by atoms with E-state index < -0.39 is 6.04 Å². The minimum absolute atomic E-state index is 0.0418. The largest absolute Gasteiger partial charge is 0.469 e. The normalized spacial score (nSPS) is 15.5. The van der Waals surface area contributed by atoms with Crippen LogP contribution in [0.5, 0.6) is 0 Å². The summed E-state index contributed by atoms with van der Waals surface area (Å²) in [5.74, 6) is 1.37. The van der Waals surface area contributed by atoms with Crippen molar-refractivity contribution in [3.8, 4) is 21.8 Å². The molecule has 4 heterocycles. The third-order valence-corrected chi connectivity index (χ3v) is 6.03. The molecular formula is C21H15ClN3O2S+. The predicted molar refractivity (Wildman–Crippen MR) is 109 cm³/mol. The Balaban J connectivity index is 1.64. The summed E-state index contributed by atoms with van der Waals surface area (Å²) in [6.45, 7) is 0. The van der Waals surface area contributed by atoms with Crippen molar-refractivity contribution in [1.82, 2.24) is 4.98 Å². The third kappa shape index (κ3) is 2.91. The molecule has 0 amide bonds. The van der Waals surface area contributed by atoms with E-state index in [1.165, 1.54) is 11.3 Å². The number of anilines is 1. The number of aromatic nitrogens is 2. The highest BCUT2D eigenvalue weighted by Gasteiger charge is 2.42. The molecule has 0 saturated heterocycles. The Bertz CT molecular complexity index is 1160. The lowest BCUT2D eigenvalue weighted by atomic mass is 10.1. The van der Waals surface area contributed by atoms with Crippen LogP contribution >= 0.6 is 22.9 Å². The number of carbonyl (C=O) groups is 1. The second-order valence-corrected chi connectivity index (χ2v) is 7.80. The monoisotopic (exact) mass is 408 g/mol. The highest BCUT2D eigenvalue weighted by molar-refractivity contribution is 7.14. The number of thiophene rings is 1. The van der Waals surface area contributed by atoms with Crippen LogP contribution in [0.2, 0.25) is 5.02 Å². The van der Waals surface area contributed by atoms with Gasteiger partial charge in [0.1, 0.15) is 17.7 Å². The molecule has 138 valence electrons. The molecule has 1 aromatic carbocycles. The predicted octanol–water partition coefficient (Wildman–Crippen LogP) is 4.69. The van der Waals surface area contributed by atoms with Gasteiger partial charge in [0.25, 0.3) is 0 Å². The van der Waals surface area contributed by atoms with E-state index in [0.29, 0.717) is 23.0 Å². The van der Waals surface area contributed by atoms with Crippen molar-refractivity contribution in [2.75, 3.05) is 5.32 Å². The fourth-order valence-electron chi connectivity index (χ4n) is 3.35. The Hall–Kier alpha value is -2.96. The van der Waals surface area contributed by atoms with E-state index in [0.717, 1.165) is 21.9 Å². The third-order valence-electron chi connectivity index (χ3n) is 4.68. The lowest BCUT2D eigenvalue weighted by molar-refractivity contribution is -0.551. The number of fused-ring (bicyclic) bond motifs is 1. The van der Waals surface area contributed by atoms with Gasteiger partial charge in [-0.1, -0.05) is 41.9 Å². The molecule has 5 rings (SSSR count). The van der Waals surface area contributed by atoms with Crippen molar-refractivity contribution in [3.63, 3.8) is 0 Å². The summed E-state index contributed by atoms with van der Waals surface area (Å²) in [4.78, 5) is 18.8. The molecule has 3 aromatic heterocycles. The number of furan rings is 1. The molecule has 0 saturated carbocycles. The molecule has 1 N–H and O–H groups in total. The van der Waals surface area contributed by atoms with Crippen molar-refractivity contribution in [2.45, 2.75) is 12.5 Å². The molecule has 0 aliphatic carbocycles. The Morgan fingerprint density at radius 3 is 2.75 bits per heavy atom. The average Bonchev–Trinajstić information content (AvgIpc) is 3.45. The fourth-order valence-corrected chi connectivity index (χ4v) is 4.48. The highest BCUT2D eigenvalue weighted by atomic mass is 35.5. The second kappa shape index (κ2) is 6.89. The molecule has 4 aromatic rings. The van der Waals surface area contributed by atoms with Crippen LogP contribution in [-0.2, 0) is 6.42 Å². The van der Waals surface area contributed by atoms with Crippen LogP contribution in [0, 0.1) is 0 Å². The smallest absolute Gasteiger partial charge is 0.359 e. The van der Waals surface area contributed by atoms with E-state index in [1.54, 1.807) is 17.0 Å². The van der Waals surface area contributed by atoms with Crippen LogP contribution in [0.25, 0.3) is 21.8 Å². The number of hydrogen-bond donors (Lipinski definition) is 1. The fraction of sp³-hybridized carbons (Fsp3) is 0.0952. The summed E-state index contributed by atoms with van der Waals surface area (Å²) in [7, 11) is 0. The van der Waals surface area contributed by atoms with Crippen molar-refractivity contribution in [2.24, 2.45) is 0 Å². The topological polar surface area (TPSA) is 59.0 Å². The number of nitrogens with one attached hydrogen (secondary N) is 1. The number of nitrogens with zero attached hydrogens (tertiary/aromatic N) is 2. The highest BCUT2D eigenvalue weighted by Crippen LogP contribution is 2.37. The first-order valence-corrected chi connectivity index (χ1v) is 10.0. The van der Waals surface area contributed by atoms with Gasteiger partial charge in [-0.25, -0.2) is 9.78 Å². The summed E-state index contributed by atoms with van der Waals surface area (Å²) in [6.07, 6.45) is 3.86. The zero-order valence-electron chi connectivity index (χ0n) is 14.6. The van der Waals surface area contributed by atoms with E-state index in [9.17, 15) is 4.79 Å². The Morgan fingerprint density at radius 1 is 1.18 bits per heavy atom. The van der Waals surface area contributed by atoms with Crippen molar-refractivity contribution in [1.29, 1.82) is 0 Å². The number of benzene rings is 1. The standard InChI is InChI=1S/C21H14ClN3O2S/c22-15-8-10-28-19(15)18-20-24-16(11-14-7-4-9-27-14)21(26)25(20)12-17(23-18)13-5-2-1-3-6-13/h1-10,12,16H,11H2/p+1. The van der Waals surface area contributed by atoms with Gasteiger partial charge in [-0.3, -0.25) is 5.32 Å². The summed E-state index contributed by atoms with van der Waals surface area (Å²) in [6, 6.07) is 14.9. The maximum atomic E-state index is 13.1. The number of carbonyl (C=O) groups excluding carboxylic acids is 1. The maximum absolute atomic E-state index is 13.1. The lowest BCUT2D eigenvalue weighted by Gasteiger charge is -2.06. The van der Waals surface area contributed by atoms with E-state index in [1.807, 2.05) is 53.9 Å². The first-order chi connectivity index (χ1) is 13.7. The van der Waals surface area contributed by atoms with E-state index in [4.69, 9.17) is 21.0 Å². The molecule has 0 radical (unpaired) electrons. The lowest BCUT2D eigenvalue weighted by Crippen LogP contribution is -2.43. The first kappa shape index (κ1) is 17.2. The average molecular weight is 409 g/mol. The molecule has 0 fully saturated rings.